The monoisotopic (exact) mass is 468 g/mol. The van der Waals surface area contributed by atoms with Crippen molar-refractivity contribution in [1.82, 2.24) is 0 Å². The average Bonchev–Trinajstić information content (AvgIpc) is 2.85. The van der Waals surface area contributed by atoms with Gasteiger partial charge in [0.05, 0.1) is 32.3 Å². The Bertz CT molecular complexity index is 618. The fraction of sp³-hybridized carbons (Fsp3) is 0.852. The fourth-order valence-electron chi connectivity index (χ4n) is 6.30. The first-order valence-electron chi connectivity index (χ1n) is 13.3. The summed E-state index contributed by atoms with van der Waals surface area (Å²) in [6, 6.07) is 0. The maximum atomic E-state index is 12.5. The minimum absolute atomic E-state index is 0.0930. The lowest BCUT2D eigenvalue weighted by atomic mass is 9.67. The Hall–Kier alpha value is -0.820. The molecule has 33 heavy (non-hydrogen) atoms. The summed E-state index contributed by atoms with van der Waals surface area (Å²) >= 11 is 0. The van der Waals surface area contributed by atoms with Crippen molar-refractivity contribution in [2.45, 2.75) is 83.7 Å². The molecule has 0 radical (unpaired) electrons. The van der Waals surface area contributed by atoms with Gasteiger partial charge < -0.3 is 18.9 Å². The Balaban J connectivity index is 1.12. The summed E-state index contributed by atoms with van der Waals surface area (Å²) in [7, 11) is 0. The highest BCUT2D eigenvalue weighted by Crippen LogP contribution is 2.44. The molecular formula is C27H42F2O4. The van der Waals surface area contributed by atoms with Crippen LogP contribution < -0.4 is 0 Å². The number of allylic oxidation sites excluding steroid dienone is 2. The molecule has 4 aliphatic rings. The topological polar surface area (TPSA) is 36.9 Å². The van der Waals surface area contributed by atoms with Gasteiger partial charge in [0.25, 0.3) is 6.08 Å². The summed E-state index contributed by atoms with van der Waals surface area (Å²) in [6.07, 6.45) is 14.6. The van der Waals surface area contributed by atoms with E-state index in [0.29, 0.717) is 25.0 Å². The molecular weight excluding hydrogens is 426 g/mol. The molecule has 0 spiro atoms. The molecule has 2 saturated heterocycles. The van der Waals surface area contributed by atoms with Gasteiger partial charge in [-0.15, -0.1) is 0 Å². The molecule has 0 amide bonds. The highest BCUT2D eigenvalue weighted by molar-refractivity contribution is 4.93. The number of unbranched alkanes of at least 4 members (excludes halogenated alkanes) is 1. The number of ether oxygens (including phenoxy) is 4. The molecule has 2 heterocycles. The molecule has 4 nitrogen and oxygen atoms in total. The summed E-state index contributed by atoms with van der Waals surface area (Å²) in [5.74, 6) is 2.88. The minimum atomic E-state index is -1.51. The molecule has 0 aromatic heterocycles. The molecule has 188 valence electrons. The van der Waals surface area contributed by atoms with E-state index in [1.54, 1.807) is 0 Å². The number of hydrogen-bond acceptors (Lipinski definition) is 4. The Morgan fingerprint density at radius 2 is 1.21 bits per heavy atom. The summed E-state index contributed by atoms with van der Waals surface area (Å²) in [5, 5.41) is 0. The van der Waals surface area contributed by atoms with Gasteiger partial charge in [-0.2, -0.15) is 8.78 Å². The number of rotatable bonds is 7. The lowest BCUT2D eigenvalue weighted by Crippen LogP contribution is -2.45. The van der Waals surface area contributed by atoms with E-state index in [1.165, 1.54) is 31.8 Å². The Morgan fingerprint density at radius 3 is 1.76 bits per heavy atom. The first-order chi connectivity index (χ1) is 16.1. The number of halogens is 2. The van der Waals surface area contributed by atoms with Crippen LogP contribution in [-0.4, -0.2) is 39.0 Å². The van der Waals surface area contributed by atoms with Crippen LogP contribution in [0.2, 0.25) is 0 Å². The molecule has 0 unspecified atom stereocenters. The molecule has 0 aromatic carbocycles. The molecule has 2 aliphatic carbocycles. The van der Waals surface area contributed by atoms with Crippen molar-refractivity contribution in [3.05, 3.63) is 24.3 Å². The second-order valence-corrected chi connectivity index (χ2v) is 10.6. The summed E-state index contributed by atoms with van der Waals surface area (Å²) < 4.78 is 48.9. The fourth-order valence-corrected chi connectivity index (χ4v) is 6.30. The van der Waals surface area contributed by atoms with Gasteiger partial charge in [0.15, 0.2) is 12.6 Å². The van der Waals surface area contributed by atoms with E-state index in [9.17, 15) is 8.78 Å². The zero-order valence-corrected chi connectivity index (χ0v) is 20.1. The van der Waals surface area contributed by atoms with Gasteiger partial charge in [-0.3, -0.25) is 0 Å². The molecule has 0 bridgehead atoms. The molecule has 2 aliphatic heterocycles. The van der Waals surface area contributed by atoms with Crippen LogP contribution in [0, 0.1) is 35.5 Å². The largest absolute Gasteiger partial charge is 0.352 e. The van der Waals surface area contributed by atoms with Gasteiger partial charge in [0.2, 0.25) is 0 Å². The lowest BCUT2D eigenvalue weighted by molar-refractivity contribution is -0.276. The lowest BCUT2D eigenvalue weighted by Gasteiger charge is -2.42. The Labute approximate surface area is 198 Å². The van der Waals surface area contributed by atoms with Crippen LogP contribution in [0.15, 0.2) is 24.3 Å². The summed E-state index contributed by atoms with van der Waals surface area (Å²) in [5.41, 5.74) is 0. The minimum Gasteiger partial charge on any atom is -0.352 e. The van der Waals surface area contributed by atoms with Crippen molar-refractivity contribution >= 4 is 0 Å². The van der Waals surface area contributed by atoms with Crippen LogP contribution in [0.4, 0.5) is 8.78 Å². The van der Waals surface area contributed by atoms with Gasteiger partial charge >= 0.3 is 0 Å². The normalized spacial score (nSPS) is 40.6. The number of hydrogen-bond donors (Lipinski definition) is 0. The highest BCUT2D eigenvalue weighted by Gasteiger charge is 2.38. The quantitative estimate of drug-likeness (QED) is 0.389. The predicted molar refractivity (Wildman–Crippen MR) is 124 cm³/mol. The second kappa shape index (κ2) is 12.8. The molecule has 0 atom stereocenters. The molecule has 6 heteroatoms. The SMILES string of the molecule is CCC/C=C/C1OCC(C2OCC(C3CCC(C4CCC(C=C(F)F)CC4)CC3)CO2)CO1. The first kappa shape index (κ1) is 25.3. The highest BCUT2D eigenvalue weighted by atomic mass is 19.3. The molecule has 2 saturated carbocycles. The van der Waals surface area contributed by atoms with Crippen molar-refractivity contribution in [2.75, 3.05) is 26.4 Å². The van der Waals surface area contributed by atoms with Gasteiger partial charge in [-0.05, 0) is 93.6 Å². The van der Waals surface area contributed by atoms with E-state index in [-0.39, 0.29) is 24.4 Å². The molecule has 0 N–H and O–H groups in total. The third kappa shape index (κ3) is 7.33. The van der Waals surface area contributed by atoms with Crippen LogP contribution in [0.25, 0.3) is 0 Å². The zero-order chi connectivity index (χ0) is 23.0. The smallest absolute Gasteiger partial charge is 0.266 e. The van der Waals surface area contributed by atoms with Crippen LogP contribution in [-0.2, 0) is 18.9 Å². The maximum absolute atomic E-state index is 12.5. The van der Waals surface area contributed by atoms with Crippen molar-refractivity contribution in [3.8, 4) is 0 Å². The maximum Gasteiger partial charge on any atom is 0.266 e. The predicted octanol–water partition coefficient (Wildman–Crippen LogP) is 6.71. The van der Waals surface area contributed by atoms with Gasteiger partial charge in [-0.25, -0.2) is 0 Å². The third-order valence-corrected chi connectivity index (χ3v) is 8.36. The van der Waals surface area contributed by atoms with E-state index >= 15 is 0 Å². The van der Waals surface area contributed by atoms with E-state index in [0.717, 1.165) is 63.6 Å². The Kier molecular flexibility index (Phi) is 9.77. The van der Waals surface area contributed by atoms with E-state index in [4.69, 9.17) is 18.9 Å². The zero-order valence-electron chi connectivity index (χ0n) is 20.1. The molecule has 4 fully saturated rings. The van der Waals surface area contributed by atoms with E-state index in [1.807, 2.05) is 6.08 Å². The standard InChI is InChI=1S/C27H42F2O4/c1-2-3-4-5-26-30-17-24(18-31-26)27-32-15-23(16-33-27)22-12-10-21(11-13-22)20-8-6-19(7-9-20)14-25(28)29/h4-5,14,19-24,26-27H,2-3,6-13,15-18H2,1H3/b5-4+. The van der Waals surface area contributed by atoms with Crippen LogP contribution in [0.1, 0.15) is 71.1 Å². The Morgan fingerprint density at radius 1 is 0.697 bits per heavy atom. The van der Waals surface area contributed by atoms with Crippen LogP contribution in [0.3, 0.4) is 0 Å². The van der Waals surface area contributed by atoms with Crippen molar-refractivity contribution in [1.29, 1.82) is 0 Å². The second-order valence-electron chi connectivity index (χ2n) is 10.6. The van der Waals surface area contributed by atoms with Crippen molar-refractivity contribution in [2.24, 2.45) is 35.5 Å². The first-order valence-corrected chi connectivity index (χ1v) is 13.3. The van der Waals surface area contributed by atoms with Gasteiger partial charge in [0.1, 0.15) is 0 Å². The molecule has 4 rings (SSSR count). The molecule has 0 aromatic rings. The van der Waals surface area contributed by atoms with Crippen molar-refractivity contribution < 1.29 is 27.7 Å². The van der Waals surface area contributed by atoms with Crippen molar-refractivity contribution in [3.63, 3.8) is 0 Å². The van der Waals surface area contributed by atoms with E-state index in [2.05, 4.69) is 13.0 Å². The van der Waals surface area contributed by atoms with Gasteiger partial charge in [-0.1, -0.05) is 19.4 Å². The van der Waals surface area contributed by atoms with Crippen LogP contribution in [0.5, 0.6) is 0 Å². The summed E-state index contributed by atoms with van der Waals surface area (Å²) in [4.78, 5) is 0. The third-order valence-electron chi connectivity index (χ3n) is 8.36. The van der Waals surface area contributed by atoms with Gasteiger partial charge in [0, 0.05) is 5.92 Å². The average molecular weight is 469 g/mol. The summed E-state index contributed by atoms with van der Waals surface area (Å²) in [6.45, 7) is 4.91. The van der Waals surface area contributed by atoms with E-state index < -0.39 is 6.08 Å². The van der Waals surface area contributed by atoms with Crippen LogP contribution >= 0.6 is 0 Å².